The monoisotopic (exact) mass is 284 g/mol. The quantitative estimate of drug-likeness (QED) is 0.902. The second kappa shape index (κ2) is 5.01. The van der Waals surface area contributed by atoms with E-state index in [0.717, 1.165) is 0 Å². The van der Waals surface area contributed by atoms with Crippen LogP contribution in [0.4, 0.5) is 5.69 Å². The van der Waals surface area contributed by atoms with E-state index in [9.17, 15) is 8.42 Å². The maximum Gasteiger partial charge on any atom is 0.262 e. The van der Waals surface area contributed by atoms with Crippen LogP contribution >= 0.6 is 11.3 Å². The Morgan fingerprint density at radius 2 is 2.22 bits per heavy atom. The minimum atomic E-state index is -3.68. The molecule has 8 heteroatoms. The van der Waals surface area contributed by atoms with Crippen LogP contribution in [0.1, 0.15) is 5.69 Å². The van der Waals surface area contributed by atoms with Crippen molar-refractivity contribution < 1.29 is 8.42 Å². The van der Waals surface area contributed by atoms with Gasteiger partial charge in [0.25, 0.3) is 10.0 Å². The Balaban J connectivity index is 2.29. The van der Waals surface area contributed by atoms with Gasteiger partial charge < -0.3 is 5.73 Å². The van der Waals surface area contributed by atoms with Crippen molar-refractivity contribution >= 4 is 27.0 Å². The molecule has 0 saturated heterocycles. The molecule has 6 nitrogen and oxygen atoms in total. The number of rotatable bonds is 4. The summed E-state index contributed by atoms with van der Waals surface area (Å²) >= 11 is 1.42. The molecular formula is C10H12N4O2S2. The highest BCUT2D eigenvalue weighted by Crippen LogP contribution is 2.19. The lowest BCUT2D eigenvalue weighted by atomic mass is 10.4. The third-order valence-corrected chi connectivity index (χ3v) is 4.74. The van der Waals surface area contributed by atoms with E-state index >= 15 is 0 Å². The molecular weight excluding hydrogens is 272 g/mol. The molecule has 0 bridgehead atoms. The van der Waals surface area contributed by atoms with Crippen LogP contribution in [0, 0.1) is 0 Å². The van der Waals surface area contributed by atoms with E-state index in [0.29, 0.717) is 5.69 Å². The van der Waals surface area contributed by atoms with Gasteiger partial charge in [-0.2, -0.15) is 4.31 Å². The highest BCUT2D eigenvalue weighted by Gasteiger charge is 2.25. The Hall–Kier alpha value is -1.51. The third kappa shape index (κ3) is 2.50. The summed E-state index contributed by atoms with van der Waals surface area (Å²) in [5.74, 6) is 0. The Labute approximate surface area is 109 Å². The van der Waals surface area contributed by atoms with Crippen molar-refractivity contribution in [1.82, 2.24) is 14.3 Å². The van der Waals surface area contributed by atoms with Gasteiger partial charge in [0.1, 0.15) is 0 Å². The minimum absolute atomic E-state index is 0.122. The average molecular weight is 284 g/mol. The predicted octanol–water partition coefficient (Wildman–Crippen LogP) is 0.941. The van der Waals surface area contributed by atoms with Crippen molar-refractivity contribution in [3.63, 3.8) is 0 Å². The van der Waals surface area contributed by atoms with Gasteiger partial charge in [-0.25, -0.2) is 18.4 Å². The molecule has 0 atom stereocenters. The van der Waals surface area contributed by atoms with Gasteiger partial charge in [-0.05, 0) is 12.1 Å². The molecule has 0 aliphatic rings. The fraction of sp³-hybridized carbons (Fsp3) is 0.200. The molecule has 2 aromatic heterocycles. The topological polar surface area (TPSA) is 89.2 Å². The lowest BCUT2D eigenvalue weighted by Crippen LogP contribution is -2.28. The fourth-order valence-corrected chi connectivity index (χ4v) is 3.10. The van der Waals surface area contributed by atoms with Crippen molar-refractivity contribution in [3.05, 3.63) is 34.9 Å². The Kier molecular flexibility index (Phi) is 3.60. The van der Waals surface area contributed by atoms with Gasteiger partial charge in [0.15, 0.2) is 5.03 Å². The summed E-state index contributed by atoms with van der Waals surface area (Å²) in [6.07, 6.45) is 1.40. The summed E-state index contributed by atoms with van der Waals surface area (Å²) < 4.78 is 25.7. The zero-order valence-electron chi connectivity index (χ0n) is 9.65. The second-order valence-electron chi connectivity index (χ2n) is 3.64. The fourth-order valence-electron chi connectivity index (χ4n) is 1.40. The van der Waals surface area contributed by atoms with E-state index in [1.807, 2.05) is 0 Å². The molecule has 0 radical (unpaired) electrons. The molecule has 0 spiro atoms. The molecule has 2 heterocycles. The second-order valence-corrected chi connectivity index (χ2v) is 6.32. The zero-order chi connectivity index (χ0) is 13.2. The molecule has 0 saturated carbocycles. The molecule has 96 valence electrons. The van der Waals surface area contributed by atoms with Crippen LogP contribution in [0.25, 0.3) is 0 Å². The number of pyridine rings is 1. The molecule has 0 aromatic carbocycles. The molecule has 0 aliphatic heterocycles. The number of hydrogen-bond donors (Lipinski definition) is 1. The van der Waals surface area contributed by atoms with E-state index in [2.05, 4.69) is 9.97 Å². The summed E-state index contributed by atoms with van der Waals surface area (Å²) in [7, 11) is -2.21. The van der Waals surface area contributed by atoms with Crippen LogP contribution in [0.3, 0.4) is 0 Å². The van der Waals surface area contributed by atoms with Crippen LogP contribution in [0.5, 0.6) is 0 Å². The Morgan fingerprint density at radius 3 is 2.83 bits per heavy atom. The molecule has 0 unspecified atom stereocenters. The van der Waals surface area contributed by atoms with Gasteiger partial charge in [-0.15, -0.1) is 11.3 Å². The Morgan fingerprint density at radius 1 is 1.44 bits per heavy atom. The molecule has 18 heavy (non-hydrogen) atoms. The number of anilines is 1. The number of sulfonamides is 1. The van der Waals surface area contributed by atoms with E-state index in [4.69, 9.17) is 5.73 Å². The molecule has 0 aliphatic carbocycles. The van der Waals surface area contributed by atoms with E-state index < -0.39 is 10.0 Å². The number of thiazole rings is 1. The zero-order valence-corrected chi connectivity index (χ0v) is 11.3. The minimum Gasteiger partial charge on any atom is -0.396 e. The summed E-state index contributed by atoms with van der Waals surface area (Å²) in [4.78, 5) is 7.87. The first-order chi connectivity index (χ1) is 8.51. The maximum atomic E-state index is 12.2. The van der Waals surface area contributed by atoms with Gasteiger partial charge in [0.2, 0.25) is 0 Å². The molecule has 0 amide bonds. The van der Waals surface area contributed by atoms with Gasteiger partial charge in [0.05, 0.1) is 23.4 Å². The summed E-state index contributed by atoms with van der Waals surface area (Å²) in [6.45, 7) is 0.196. The third-order valence-electron chi connectivity index (χ3n) is 2.32. The number of nitrogens with two attached hydrogens (primary N) is 1. The number of nitrogen functional groups attached to an aromatic ring is 1. The summed E-state index contributed by atoms with van der Waals surface area (Å²) in [5, 5.41) is 1.68. The molecule has 0 fully saturated rings. The van der Waals surface area contributed by atoms with E-state index in [1.165, 1.54) is 35.0 Å². The first-order valence-corrected chi connectivity index (χ1v) is 7.44. The largest absolute Gasteiger partial charge is 0.396 e. The summed E-state index contributed by atoms with van der Waals surface area (Å²) in [6, 6.07) is 3.10. The lowest BCUT2D eigenvalue weighted by molar-refractivity contribution is 0.460. The normalized spacial score (nSPS) is 11.9. The first kappa shape index (κ1) is 12.9. The van der Waals surface area contributed by atoms with Crippen molar-refractivity contribution in [2.45, 2.75) is 11.6 Å². The smallest absolute Gasteiger partial charge is 0.262 e. The van der Waals surface area contributed by atoms with Crippen molar-refractivity contribution in [3.8, 4) is 0 Å². The van der Waals surface area contributed by atoms with Crippen LogP contribution < -0.4 is 5.73 Å². The Bertz CT molecular complexity index is 625. The van der Waals surface area contributed by atoms with Crippen molar-refractivity contribution in [2.24, 2.45) is 0 Å². The SMILES string of the molecule is CN(Cc1cscn1)S(=O)(=O)c1ncccc1N. The maximum absolute atomic E-state index is 12.2. The summed E-state index contributed by atoms with van der Waals surface area (Å²) in [5.41, 5.74) is 8.13. The van der Waals surface area contributed by atoms with E-state index in [1.54, 1.807) is 17.0 Å². The van der Waals surface area contributed by atoms with Crippen LogP contribution in [0.2, 0.25) is 0 Å². The standard InChI is InChI=1S/C10H12N4O2S2/c1-14(5-8-6-17-7-13-8)18(15,16)10-9(11)3-2-4-12-10/h2-4,6-7H,5,11H2,1H3. The van der Waals surface area contributed by atoms with Gasteiger partial charge >= 0.3 is 0 Å². The van der Waals surface area contributed by atoms with Crippen LogP contribution in [-0.4, -0.2) is 29.7 Å². The van der Waals surface area contributed by atoms with Gasteiger partial charge in [0, 0.05) is 18.6 Å². The first-order valence-electron chi connectivity index (χ1n) is 5.05. The number of aromatic nitrogens is 2. The molecule has 2 rings (SSSR count). The van der Waals surface area contributed by atoms with Crippen LogP contribution in [-0.2, 0) is 16.6 Å². The number of hydrogen-bond acceptors (Lipinski definition) is 6. The van der Waals surface area contributed by atoms with Gasteiger partial charge in [-0.1, -0.05) is 0 Å². The van der Waals surface area contributed by atoms with E-state index in [-0.39, 0.29) is 17.3 Å². The number of nitrogens with zero attached hydrogens (tertiary/aromatic N) is 3. The van der Waals surface area contributed by atoms with Crippen molar-refractivity contribution in [2.75, 3.05) is 12.8 Å². The molecule has 2 aromatic rings. The molecule has 2 N–H and O–H groups in total. The average Bonchev–Trinajstić information content (AvgIpc) is 2.82. The predicted molar refractivity (Wildman–Crippen MR) is 69.4 cm³/mol. The highest BCUT2D eigenvalue weighted by molar-refractivity contribution is 7.89. The highest BCUT2D eigenvalue weighted by atomic mass is 32.2. The van der Waals surface area contributed by atoms with Crippen molar-refractivity contribution in [1.29, 1.82) is 0 Å². The van der Waals surface area contributed by atoms with Gasteiger partial charge in [-0.3, -0.25) is 0 Å². The van der Waals surface area contributed by atoms with Crippen LogP contribution in [0.15, 0.2) is 34.2 Å². The lowest BCUT2D eigenvalue weighted by Gasteiger charge is -2.16.